The van der Waals surface area contributed by atoms with E-state index in [2.05, 4.69) is 26.0 Å². The van der Waals surface area contributed by atoms with Crippen molar-refractivity contribution >= 4 is 0 Å². The Hall–Kier alpha value is -0.920. The molecule has 0 saturated heterocycles. The van der Waals surface area contributed by atoms with E-state index in [-0.39, 0.29) is 0 Å². The van der Waals surface area contributed by atoms with E-state index in [1.807, 2.05) is 0 Å². The van der Waals surface area contributed by atoms with Crippen LogP contribution in [-0.4, -0.2) is 14.2 Å². The van der Waals surface area contributed by atoms with E-state index in [1.54, 1.807) is 14.2 Å². The summed E-state index contributed by atoms with van der Waals surface area (Å²) < 4.78 is 10.9. The summed E-state index contributed by atoms with van der Waals surface area (Å²) >= 11 is 0. The molecule has 15 heavy (non-hydrogen) atoms. The van der Waals surface area contributed by atoms with Gasteiger partial charge in [-0.15, -0.1) is 0 Å². The minimum atomic E-state index is 0.313. The Morgan fingerprint density at radius 2 is 1.60 bits per heavy atom. The zero-order valence-corrected chi connectivity index (χ0v) is 10.2. The van der Waals surface area contributed by atoms with Gasteiger partial charge in [-0.1, -0.05) is 20.3 Å². The molecule has 1 rings (SSSR count). The van der Waals surface area contributed by atoms with Gasteiger partial charge in [0, 0.05) is 5.92 Å². The first-order valence-corrected chi connectivity index (χ1v) is 5.78. The van der Waals surface area contributed by atoms with Crippen LogP contribution in [0.5, 0.6) is 0 Å². The Kier molecular flexibility index (Phi) is 4.73. The van der Waals surface area contributed by atoms with Gasteiger partial charge in [-0.05, 0) is 25.0 Å². The van der Waals surface area contributed by atoms with Crippen LogP contribution in [0.4, 0.5) is 0 Å². The van der Waals surface area contributed by atoms with Crippen LogP contribution < -0.4 is 0 Å². The molecule has 0 aliphatic heterocycles. The first-order valence-electron chi connectivity index (χ1n) is 5.78. The number of rotatable bonds is 5. The van der Waals surface area contributed by atoms with E-state index in [0.29, 0.717) is 11.8 Å². The molecule has 0 radical (unpaired) electrons. The average molecular weight is 210 g/mol. The van der Waals surface area contributed by atoms with Crippen molar-refractivity contribution in [1.82, 2.24) is 0 Å². The summed E-state index contributed by atoms with van der Waals surface area (Å²) in [7, 11) is 3.49. The summed E-state index contributed by atoms with van der Waals surface area (Å²) in [5, 5.41) is 0. The number of ether oxygens (including phenoxy) is 2. The fourth-order valence-corrected chi connectivity index (χ4v) is 2.17. The van der Waals surface area contributed by atoms with Crippen molar-refractivity contribution in [2.45, 2.75) is 33.1 Å². The summed E-state index contributed by atoms with van der Waals surface area (Å²) in [5.74, 6) is 2.92. The lowest BCUT2D eigenvalue weighted by atomic mass is 9.88. The summed E-state index contributed by atoms with van der Waals surface area (Å²) in [5.41, 5.74) is 0. The predicted molar refractivity (Wildman–Crippen MR) is 62.4 cm³/mol. The monoisotopic (exact) mass is 210 g/mol. The van der Waals surface area contributed by atoms with Gasteiger partial charge in [-0.2, -0.15) is 0 Å². The van der Waals surface area contributed by atoms with Gasteiger partial charge in [-0.3, -0.25) is 0 Å². The smallest absolute Gasteiger partial charge is 0.103 e. The lowest BCUT2D eigenvalue weighted by Gasteiger charge is -2.26. The van der Waals surface area contributed by atoms with Crippen LogP contribution >= 0.6 is 0 Å². The minimum absolute atomic E-state index is 0.313. The summed E-state index contributed by atoms with van der Waals surface area (Å²) in [4.78, 5) is 0. The molecule has 0 aromatic heterocycles. The second kappa shape index (κ2) is 5.84. The van der Waals surface area contributed by atoms with Crippen molar-refractivity contribution in [2.75, 3.05) is 14.2 Å². The third-order valence-corrected chi connectivity index (χ3v) is 2.95. The molecule has 0 fully saturated rings. The second-order valence-electron chi connectivity index (χ2n) is 3.96. The van der Waals surface area contributed by atoms with E-state index in [9.17, 15) is 0 Å². The van der Waals surface area contributed by atoms with Gasteiger partial charge in [-0.25, -0.2) is 0 Å². The van der Waals surface area contributed by atoms with Gasteiger partial charge in [0.05, 0.1) is 20.1 Å². The Labute approximate surface area is 93.0 Å². The number of methoxy groups -OCH3 is 2. The molecule has 0 unspecified atom stereocenters. The van der Waals surface area contributed by atoms with E-state index < -0.39 is 0 Å². The van der Waals surface area contributed by atoms with E-state index in [0.717, 1.165) is 24.4 Å². The van der Waals surface area contributed by atoms with Gasteiger partial charge in [0.25, 0.3) is 0 Å². The molecule has 2 heteroatoms. The van der Waals surface area contributed by atoms with Crippen LogP contribution in [-0.2, 0) is 9.47 Å². The van der Waals surface area contributed by atoms with Crippen LogP contribution in [0.15, 0.2) is 23.7 Å². The number of hydrogen-bond donors (Lipinski definition) is 0. The van der Waals surface area contributed by atoms with Gasteiger partial charge >= 0.3 is 0 Å². The molecule has 1 aliphatic rings. The third kappa shape index (κ3) is 2.77. The van der Waals surface area contributed by atoms with E-state index in [4.69, 9.17) is 9.47 Å². The van der Waals surface area contributed by atoms with Crippen LogP contribution in [0.1, 0.15) is 33.1 Å². The quantitative estimate of drug-likeness (QED) is 0.691. The summed E-state index contributed by atoms with van der Waals surface area (Å²) in [6.07, 6.45) is 7.84. The molecule has 1 aliphatic carbocycles. The molecule has 0 amide bonds. The number of hydrogen-bond acceptors (Lipinski definition) is 2. The summed E-state index contributed by atoms with van der Waals surface area (Å²) in [6.45, 7) is 4.36. The highest BCUT2D eigenvalue weighted by atomic mass is 16.5. The first-order chi connectivity index (χ1) is 7.26. The van der Waals surface area contributed by atoms with Gasteiger partial charge in [0.2, 0.25) is 0 Å². The minimum Gasteiger partial charge on any atom is -0.501 e. The summed E-state index contributed by atoms with van der Waals surface area (Å²) in [6, 6.07) is 0. The lowest BCUT2D eigenvalue weighted by Crippen LogP contribution is -2.16. The Bertz CT molecular complexity index is 231. The van der Waals surface area contributed by atoms with Crippen molar-refractivity contribution in [2.24, 2.45) is 11.8 Å². The fourth-order valence-electron chi connectivity index (χ4n) is 2.17. The van der Waals surface area contributed by atoms with E-state index >= 15 is 0 Å². The van der Waals surface area contributed by atoms with Crippen molar-refractivity contribution in [3.63, 3.8) is 0 Å². The third-order valence-electron chi connectivity index (χ3n) is 2.95. The molecule has 0 aromatic carbocycles. The Balaban J connectivity index is 2.85. The molecule has 0 bridgehead atoms. The molecular formula is C13H22O2. The van der Waals surface area contributed by atoms with Crippen molar-refractivity contribution in [3.05, 3.63) is 23.7 Å². The normalized spacial score (nSPS) is 25.6. The molecule has 0 atom stereocenters. The second-order valence-corrected chi connectivity index (χ2v) is 3.96. The molecular weight excluding hydrogens is 188 g/mol. The largest absolute Gasteiger partial charge is 0.501 e. The molecule has 0 N–H and O–H groups in total. The fraction of sp³-hybridized carbons (Fsp3) is 0.692. The highest BCUT2D eigenvalue weighted by molar-refractivity contribution is 5.22. The average Bonchev–Trinajstić information content (AvgIpc) is 2.28. The van der Waals surface area contributed by atoms with Crippen molar-refractivity contribution in [3.8, 4) is 0 Å². The van der Waals surface area contributed by atoms with Gasteiger partial charge in [0.1, 0.15) is 11.5 Å². The zero-order valence-electron chi connectivity index (χ0n) is 10.2. The zero-order chi connectivity index (χ0) is 11.3. The highest BCUT2D eigenvalue weighted by Gasteiger charge is 2.25. The van der Waals surface area contributed by atoms with E-state index in [1.165, 1.54) is 6.42 Å². The lowest BCUT2D eigenvalue weighted by molar-refractivity contribution is 0.182. The maximum absolute atomic E-state index is 5.44. The molecule has 86 valence electrons. The standard InChI is InChI=1S/C13H22O2/c1-5-7-10-8-12(14-3)11(6-2)13(9-10)15-4/h8-11H,5-7H2,1-4H3. The van der Waals surface area contributed by atoms with Crippen molar-refractivity contribution < 1.29 is 9.47 Å². The molecule has 0 heterocycles. The number of allylic oxidation sites excluding steroid dienone is 2. The van der Waals surface area contributed by atoms with Crippen molar-refractivity contribution in [1.29, 1.82) is 0 Å². The van der Waals surface area contributed by atoms with Gasteiger partial charge < -0.3 is 9.47 Å². The molecule has 2 nitrogen and oxygen atoms in total. The van der Waals surface area contributed by atoms with Crippen LogP contribution in [0.25, 0.3) is 0 Å². The Morgan fingerprint density at radius 1 is 1.07 bits per heavy atom. The first kappa shape index (κ1) is 12.2. The predicted octanol–water partition coefficient (Wildman–Crippen LogP) is 3.50. The van der Waals surface area contributed by atoms with Crippen LogP contribution in [0.2, 0.25) is 0 Å². The Morgan fingerprint density at radius 3 is 1.93 bits per heavy atom. The SMILES string of the molecule is CCCC1C=C(OC)C(CC)C(OC)=C1. The van der Waals surface area contributed by atoms with Crippen LogP contribution in [0.3, 0.4) is 0 Å². The van der Waals surface area contributed by atoms with Crippen LogP contribution in [0, 0.1) is 11.8 Å². The molecule has 0 spiro atoms. The maximum atomic E-state index is 5.44. The molecule has 0 aromatic rings. The maximum Gasteiger partial charge on any atom is 0.103 e. The van der Waals surface area contributed by atoms with Gasteiger partial charge in [0.15, 0.2) is 0 Å². The topological polar surface area (TPSA) is 18.5 Å². The molecule has 0 saturated carbocycles. The highest BCUT2D eigenvalue weighted by Crippen LogP contribution is 2.33.